The Labute approximate surface area is 108 Å². The molecule has 0 fully saturated rings. The lowest BCUT2D eigenvalue weighted by atomic mass is 10.3. The zero-order valence-corrected chi connectivity index (χ0v) is 10.5. The lowest BCUT2D eigenvalue weighted by Gasteiger charge is -2.09. The number of hydrogen-bond acceptors (Lipinski definition) is 2. The predicted molar refractivity (Wildman–Crippen MR) is 60.2 cm³/mol. The van der Waals surface area contributed by atoms with E-state index >= 15 is 0 Å². The smallest absolute Gasteiger partial charge is 0.422 e. The number of anilines is 1. The third kappa shape index (κ3) is 5.27. The fourth-order valence-corrected chi connectivity index (χ4v) is 1.30. The molecule has 8 heteroatoms. The number of benzene rings is 1. The minimum absolute atomic E-state index is 0.241. The van der Waals surface area contributed by atoms with Gasteiger partial charge >= 0.3 is 12.3 Å². The number of halogens is 5. The summed E-state index contributed by atoms with van der Waals surface area (Å²) in [5, 5.41) is 2.43. The Kier molecular flexibility index (Phi) is 4.64. The molecule has 0 saturated heterocycles. The lowest BCUT2D eigenvalue weighted by molar-refractivity contribution is -0.159. The van der Waals surface area contributed by atoms with Crippen molar-refractivity contribution in [1.82, 2.24) is 0 Å². The highest BCUT2D eigenvalue weighted by Gasteiger charge is 2.29. The molecule has 0 aliphatic heterocycles. The van der Waals surface area contributed by atoms with Crippen LogP contribution in [-0.4, -0.2) is 18.9 Å². The quantitative estimate of drug-likeness (QED) is 0.881. The maximum absolute atomic E-state index is 11.7. The van der Waals surface area contributed by atoms with E-state index in [4.69, 9.17) is 11.6 Å². The van der Waals surface area contributed by atoms with Crippen LogP contribution in [0.15, 0.2) is 22.7 Å². The first kappa shape index (κ1) is 14.1. The molecule has 3 nitrogen and oxygen atoms in total. The first-order chi connectivity index (χ1) is 7.78. The van der Waals surface area contributed by atoms with Crippen LogP contribution in [0.4, 0.5) is 23.7 Å². The molecular formula is C9H6BrClF3NO2. The Balaban J connectivity index is 2.54. The van der Waals surface area contributed by atoms with Crippen LogP contribution in [0.1, 0.15) is 0 Å². The maximum Gasteiger partial charge on any atom is 0.422 e. The Bertz CT molecular complexity index is 425. The second-order valence-corrected chi connectivity index (χ2v) is 4.21. The monoisotopic (exact) mass is 331 g/mol. The summed E-state index contributed by atoms with van der Waals surface area (Å²) in [5.41, 5.74) is 0.241. The van der Waals surface area contributed by atoms with Gasteiger partial charge in [-0.1, -0.05) is 11.6 Å². The molecule has 1 aromatic rings. The fraction of sp³-hybridized carbons (Fsp3) is 0.222. The largest absolute Gasteiger partial charge is 0.440 e. The van der Waals surface area contributed by atoms with Gasteiger partial charge in [0.15, 0.2) is 6.61 Å². The van der Waals surface area contributed by atoms with Crippen molar-refractivity contribution in [3.8, 4) is 0 Å². The van der Waals surface area contributed by atoms with Crippen LogP contribution in [0, 0.1) is 0 Å². The summed E-state index contributed by atoms with van der Waals surface area (Å²) >= 11 is 8.86. The van der Waals surface area contributed by atoms with E-state index in [1.165, 1.54) is 12.1 Å². The van der Waals surface area contributed by atoms with E-state index in [9.17, 15) is 18.0 Å². The molecule has 1 N–H and O–H groups in total. The van der Waals surface area contributed by atoms with Crippen LogP contribution >= 0.6 is 27.5 Å². The van der Waals surface area contributed by atoms with Crippen molar-refractivity contribution < 1.29 is 22.7 Å². The number of rotatable bonds is 2. The average Bonchev–Trinajstić information content (AvgIpc) is 2.20. The number of amides is 1. The lowest BCUT2D eigenvalue weighted by Crippen LogP contribution is -2.23. The Morgan fingerprint density at radius 1 is 1.47 bits per heavy atom. The van der Waals surface area contributed by atoms with Gasteiger partial charge in [0.1, 0.15) is 0 Å². The molecule has 0 atom stereocenters. The van der Waals surface area contributed by atoms with Crippen molar-refractivity contribution >= 4 is 39.3 Å². The van der Waals surface area contributed by atoms with E-state index in [0.29, 0.717) is 9.50 Å². The molecule has 0 spiro atoms. The van der Waals surface area contributed by atoms with Gasteiger partial charge in [-0.25, -0.2) is 4.79 Å². The summed E-state index contributed by atoms with van der Waals surface area (Å²) in [6.07, 6.45) is -5.74. The summed E-state index contributed by atoms with van der Waals surface area (Å²) in [6.45, 7) is -1.64. The number of nitrogens with one attached hydrogen (secondary N) is 1. The summed E-state index contributed by atoms with van der Waals surface area (Å²) < 4.78 is 39.8. The number of hydrogen-bond donors (Lipinski definition) is 1. The number of ether oxygens (including phenoxy) is 1. The van der Waals surface area contributed by atoms with Crippen molar-refractivity contribution in [3.63, 3.8) is 0 Å². The number of carbonyl (C=O) groups is 1. The first-order valence-electron chi connectivity index (χ1n) is 4.23. The van der Waals surface area contributed by atoms with Gasteiger partial charge < -0.3 is 4.74 Å². The van der Waals surface area contributed by atoms with Gasteiger partial charge in [-0.15, -0.1) is 0 Å². The van der Waals surface area contributed by atoms with E-state index in [-0.39, 0.29) is 5.69 Å². The zero-order chi connectivity index (χ0) is 13.1. The third-order valence-electron chi connectivity index (χ3n) is 1.53. The van der Waals surface area contributed by atoms with Crippen molar-refractivity contribution in [2.75, 3.05) is 11.9 Å². The van der Waals surface area contributed by atoms with Crippen LogP contribution in [-0.2, 0) is 4.74 Å². The Morgan fingerprint density at radius 2 is 2.12 bits per heavy atom. The molecule has 1 aromatic carbocycles. The van der Waals surface area contributed by atoms with Crippen molar-refractivity contribution in [1.29, 1.82) is 0 Å². The number of alkyl halides is 3. The second kappa shape index (κ2) is 5.59. The van der Waals surface area contributed by atoms with Crippen molar-refractivity contribution in [3.05, 3.63) is 27.7 Å². The standard InChI is InChI=1S/C9H6BrClF3NO2/c10-6-2-1-5(3-7(6)11)15-8(16)17-4-9(12,13)14/h1-3H,4H2,(H,15,16). The molecular weight excluding hydrogens is 326 g/mol. The molecule has 94 valence electrons. The summed E-state index contributed by atoms with van der Waals surface area (Å²) in [6, 6.07) is 4.38. The van der Waals surface area contributed by atoms with Gasteiger partial charge in [0.2, 0.25) is 0 Å². The van der Waals surface area contributed by atoms with E-state index in [0.717, 1.165) is 0 Å². The molecule has 0 aliphatic carbocycles. The highest BCUT2D eigenvalue weighted by atomic mass is 79.9. The number of carbonyl (C=O) groups excluding carboxylic acids is 1. The molecule has 0 bridgehead atoms. The van der Waals surface area contributed by atoms with Crippen LogP contribution in [0.5, 0.6) is 0 Å². The van der Waals surface area contributed by atoms with E-state index in [1.54, 1.807) is 6.07 Å². The molecule has 0 saturated carbocycles. The zero-order valence-electron chi connectivity index (χ0n) is 8.15. The maximum atomic E-state index is 11.7. The highest BCUT2D eigenvalue weighted by molar-refractivity contribution is 9.10. The van der Waals surface area contributed by atoms with Crippen LogP contribution in [0.25, 0.3) is 0 Å². The van der Waals surface area contributed by atoms with Gasteiger partial charge in [-0.05, 0) is 34.1 Å². The summed E-state index contributed by atoms with van der Waals surface area (Å²) in [7, 11) is 0. The third-order valence-corrected chi connectivity index (χ3v) is 2.77. The van der Waals surface area contributed by atoms with E-state index in [2.05, 4.69) is 26.0 Å². The first-order valence-corrected chi connectivity index (χ1v) is 5.40. The Hall–Kier alpha value is -0.950. The normalized spacial score (nSPS) is 11.1. The van der Waals surface area contributed by atoms with Gasteiger partial charge in [-0.3, -0.25) is 5.32 Å². The molecule has 0 aromatic heterocycles. The summed E-state index contributed by atoms with van der Waals surface area (Å²) in [4.78, 5) is 11.0. The molecule has 0 aliphatic rings. The van der Waals surface area contributed by atoms with Crippen LogP contribution in [0.2, 0.25) is 5.02 Å². The average molecular weight is 333 g/mol. The van der Waals surface area contributed by atoms with Gasteiger partial charge in [0.25, 0.3) is 0 Å². The second-order valence-electron chi connectivity index (χ2n) is 2.95. The molecule has 1 amide bonds. The molecule has 0 heterocycles. The van der Waals surface area contributed by atoms with Crippen LogP contribution < -0.4 is 5.32 Å². The van der Waals surface area contributed by atoms with E-state index in [1.807, 2.05) is 0 Å². The molecule has 0 radical (unpaired) electrons. The predicted octanol–water partition coefficient (Wildman–Crippen LogP) is 4.21. The SMILES string of the molecule is O=C(Nc1ccc(Br)c(Cl)c1)OCC(F)(F)F. The molecule has 0 unspecified atom stereocenters. The fourth-order valence-electron chi connectivity index (χ4n) is 0.875. The van der Waals surface area contributed by atoms with Crippen LogP contribution in [0.3, 0.4) is 0 Å². The highest BCUT2D eigenvalue weighted by Crippen LogP contribution is 2.25. The van der Waals surface area contributed by atoms with Gasteiger partial charge in [0.05, 0.1) is 5.02 Å². The topological polar surface area (TPSA) is 38.3 Å². The summed E-state index contributed by atoms with van der Waals surface area (Å²) in [5.74, 6) is 0. The molecule has 17 heavy (non-hydrogen) atoms. The van der Waals surface area contributed by atoms with Gasteiger partial charge in [-0.2, -0.15) is 13.2 Å². The minimum Gasteiger partial charge on any atom is -0.440 e. The van der Waals surface area contributed by atoms with E-state index < -0.39 is 18.9 Å². The Morgan fingerprint density at radius 3 is 2.65 bits per heavy atom. The van der Waals surface area contributed by atoms with Gasteiger partial charge in [0, 0.05) is 10.2 Å². The van der Waals surface area contributed by atoms with Crippen molar-refractivity contribution in [2.45, 2.75) is 6.18 Å². The van der Waals surface area contributed by atoms with Crippen molar-refractivity contribution in [2.24, 2.45) is 0 Å². The minimum atomic E-state index is -4.55. The molecule has 1 rings (SSSR count).